The molecule has 0 saturated carbocycles. The van der Waals surface area contributed by atoms with Crippen molar-refractivity contribution in [1.29, 1.82) is 0 Å². The number of nitrogens with zero attached hydrogens (tertiary/aromatic N) is 2. The predicted octanol–water partition coefficient (Wildman–Crippen LogP) is 1.84. The second-order valence-electron chi connectivity index (χ2n) is 7.06. The summed E-state index contributed by atoms with van der Waals surface area (Å²) in [6.07, 6.45) is 2.64. The third kappa shape index (κ3) is 3.85. The van der Waals surface area contributed by atoms with Gasteiger partial charge in [0, 0.05) is 38.3 Å². The first-order valence-corrected chi connectivity index (χ1v) is 9.00. The standard InChI is InChI=1S/C19H30N2O3/c1-23-18-7-5-6-15(19(18)24-2)10-21-12-16(17(13-21)14-22)11-20-8-3-4-9-20/h5-7,16-17,22H,3-4,8-14H2,1-2H3/t16-,17-/m1/s1. The number of hydrogen-bond donors (Lipinski definition) is 1. The Balaban J connectivity index is 1.65. The summed E-state index contributed by atoms with van der Waals surface area (Å²) in [7, 11) is 3.36. The summed E-state index contributed by atoms with van der Waals surface area (Å²) in [4.78, 5) is 5.00. The monoisotopic (exact) mass is 334 g/mol. The van der Waals surface area contributed by atoms with Crippen LogP contribution in [0, 0.1) is 11.8 Å². The predicted molar refractivity (Wildman–Crippen MR) is 94.6 cm³/mol. The molecule has 1 aromatic rings. The maximum atomic E-state index is 9.79. The van der Waals surface area contributed by atoms with Gasteiger partial charge in [-0.1, -0.05) is 12.1 Å². The molecule has 0 amide bonds. The number of aliphatic hydroxyl groups excluding tert-OH is 1. The van der Waals surface area contributed by atoms with Gasteiger partial charge in [0.05, 0.1) is 14.2 Å². The molecule has 5 heteroatoms. The Bertz CT molecular complexity index is 531. The van der Waals surface area contributed by atoms with E-state index >= 15 is 0 Å². The van der Waals surface area contributed by atoms with Crippen LogP contribution in [0.2, 0.25) is 0 Å². The van der Waals surface area contributed by atoms with Crippen molar-refractivity contribution in [2.45, 2.75) is 19.4 Å². The van der Waals surface area contributed by atoms with Crippen LogP contribution in [0.15, 0.2) is 18.2 Å². The minimum absolute atomic E-state index is 0.282. The van der Waals surface area contributed by atoms with Crippen molar-refractivity contribution in [3.8, 4) is 11.5 Å². The molecule has 5 nitrogen and oxygen atoms in total. The first-order valence-electron chi connectivity index (χ1n) is 9.00. The zero-order valence-corrected chi connectivity index (χ0v) is 14.9. The number of rotatable bonds is 7. The highest BCUT2D eigenvalue weighted by Crippen LogP contribution is 2.33. The number of likely N-dealkylation sites (tertiary alicyclic amines) is 2. The molecule has 2 fully saturated rings. The van der Waals surface area contributed by atoms with E-state index in [4.69, 9.17) is 9.47 Å². The van der Waals surface area contributed by atoms with Gasteiger partial charge in [0.2, 0.25) is 0 Å². The molecule has 134 valence electrons. The van der Waals surface area contributed by atoms with Gasteiger partial charge in [0.1, 0.15) is 0 Å². The number of ether oxygens (including phenoxy) is 2. The Morgan fingerprint density at radius 3 is 2.46 bits per heavy atom. The van der Waals surface area contributed by atoms with Crippen LogP contribution in [0.4, 0.5) is 0 Å². The molecule has 0 radical (unpaired) electrons. The van der Waals surface area contributed by atoms with Crippen molar-refractivity contribution >= 4 is 0 Å². The Morgan fingerprint density at radius 2 is 1.79 bits per heavy atom. The maximum Gasteiger partial charge on any atom is 0.165 e. The summed E-state index contributed by atoms with van der Waals surface area (Å²) in [6, 6.07) is 6.04. The summed E-state index contributed by atoms with van der Waals surface area (Å²) in [6.45, 7) is 6.68. The third-order valence-corrected chi connectivity index (χ3v) is 5.46. The number of methoxy groups -OCH3 is 2. The van der Waals surface area contributed by atoms with E-state index in [0.29, 0.717) is 11.8 Å². The van der Waals surface area contributed by atoms with Crippen LogP contribution >= 0.6 is 0 Å². The summed E-state index contributed by atoms with van der Waals surface area (Å²) >= 11 is 0. The van der Waals surface area contributed by atoms with Crippen LogP contribution in [0.25, 0.3) is 0 Å². The number of aliphatic hydroxyl groups is 1. The Labute approximate surface area is 145 Å². The van der Waals surface area contributed by atoms with E-state index in [1.54, 1.807) is 14.2 Å². The van der Waals surface area contributed by atoms with Gasteiger partial charge in [-0.25, -0.2) is 0 Å². The van der Waals surface area contributed by atoms with Gasteiger partial charge in [-0.05, 0) is 43.8 Å². The van der Waals surface area contributed by atoms with E-state index in [2.05, 4.69) is 15.9 Å². The molecule has 0 bridgehead atoms. The van der Waals surface area contributed by atoms with Gasteiger partial charge in [-0.3, -0.25) is 4.90 Å². The first-order chi connectivity index (χ1) is 11.7. The molecular formula is C19H30N2O3. The minimum atomic E-state index is 0.282. The number of hydrogen-bond acceptors (Lipinski definition) is 5. The highest BCUT2D eigenvalue weighted by molar-refractivity contribution is 5.46. The summed E-state index contributed by atoms with van der Waals surface area (Å²) in [5, 5.41) is 9.79. The molecule has 0 aromatic heterocycles. The molecule has 0 aliphatic carbocycles. The third-order valence-electron chi connectivity index (χ3n) is 5.46. The molecule has 24 heavy (non-hydrogen) atoms. The van der Waals surface area contributed by atoms with Crippen LogP contribution in [0.5, 0.6) is 11.5 Å². The van der Waals surface area contributed by atoms with Crippen molar-refractivity contribution in [3.05, 3.63) is 23.8 Å². The molecule has 2 saturated heterocycles. The molecule has 2 aliphatic rings. The Morgan fingerprint density at radius 1 is 1.04 bits per heavy atom. The molecule has 2 atom stereocenters. The van der Waals surface area contributed by atoms with E-state index in [9.17, 15) is 5.11 Å². The fourth-order valence-corrected chi connectivity index (χ4v) is 4.19. The second-order valence-corrected chi connectivity index (χ2v) is 7.06. The lowest BCUT2D eigenvalue weighted by Gasteiger charge is -2.23. The molecular weight excluding hydrogens is 304 g/mol. The molecule has 0 unspecified atom stereocenters. The van der Waals surface area contributed by atoms with Gasteiger partial charge in [0.15, 0.2) is 11.5 Å². The van der Waals surface area contributed by atoms with Crippen molar-refractivity contribution in [2.24, 2.45) is 11.8 Å². The zero-order valence-electron chi connectivity index (χ0n) is 14.9. The van der Waals surface area contributed by atoms with E-state index in [0.717, 1.165) is 43.2 Å². The normalized spacial score (nSPS) is 25.3. The molecule has 1 aromatic carbocycles. The smallest absolute Gasteiger partial charge is 0.165 e. The average Bonchev–Trinajstić information content (AvgIpc) is 3.24. The SMILES string of the molecule is COc1cccc(CN2C[C@@H](CN3CCCC3)[C@@H](CO)C2)c1OC. The molecule has 0 spiro atoms. The van der Waals surface area contributed by atoms with Gasteiger partial charge < -0.3 is 19.5 Å². The summed E-state index contributed by atoms with van der Waals surface area (Å²) in [5.41, 5.74) is 1.15. The fraction of sp³-hybridized carbons (Fsp3) is 0.684. The largest absolute Gasteiger partial charge is 0.493 e. The molecule has 1 N–H and O–H groups in total. The summed E-state index contributed by atoms with van der Waals surface area (Å²) < 4.78 is 11.0. The van der Waals surface area contributed by atoms with E-state index in [-0.39, 0.29) is 6.61 Å². The maximum absolute atomic E-state index is 9.79. The van der Waals surface area contributed by atoms with Crippen LogP contribution in [-0.4, -0.2) is 68.5 Å². The van der Waals surface area contributed by atoms with Gasteiger partial charge >= 0.3 is 0 Å². The van der Waals surface area contributed by atoms with Gasteiger partial charge in [-0.15, -0.1) is 0 Å². The van der Waals surface area contributed by atoms with E-state index in [1.165, 1.54) is 25.9 Å². The molecule has 3 rings (SSSR count). The summed E-state index contributed by atoms with van der Waals surface area (Å²) in [5.74, 6) is 2.54. The number of para-hydroxylation sites is 1. The average molecular weight is 334 g/mol. The highest BCUT2D eigenvalue weighted by Gasteiger charge is 2.34. The quantitative estimate of drug-likeness (QED) is 0.824. The van der Waals surface area contributed by atoms with Crippen molar-refractivity contribution < 1.29 is 14.6 Å². The first kappa shape index (κ1) is 17.5. The van der Waals surface area contributed by atoms with Crippen LogP contribution in [0.3, 0.4) is 0 Å². The van der Waals surface area contributed by atoms with Crippen molar-refractivity contribution in [3.63, 3.8) is 0 Å². The Kier molecular flexibility index (Phi) is 5.98. The minimum Gasteiger partial charge on any atom is -0.493 e. The molecule has 2 heterocycles. The lowest BCUT2D eigenvalue weighted by Crippen LogP contribution is -2.31. The Hall–Kier alpha value is -1.30. The van der Waals surface area contributed by atoms with Gasteiger partial charge in [0.25, 0.3) is 0 Å². The fourth-order valence-electron chi connectivity index (χ4n) is 4.19. The number of benzene rings is 1. The van der Waals surface area contributed by atoms with Crippen molar-refractivity contribution in [1.82, 2.24) is 9.80 Å². The second kappa shape index (κ2) is 8.19. The van der Waals surface area contributed by atoms with Crippen LogP contribution in [-0.2, 0) is 6.54 Å². The van der Waals surface area contributed by atoms with Crippen LogP contribution in [0.1, 0.15) is 18.4 Å². The van der Waals surface area contributed by atoms with E-state index in [1.807, 2.05) is 12.1 Å². The van der Waals surface area contributed by atoms with Crippen LogP contribution < -0.4 is 9.47 Å². The lowest BCUT2D eigenvalue weighted by atomic mass is 9.96. The lowest BCUT2D eigenvalue weighted by molar-refractivity contribution is 0.175. The van der Waals surface area contributed by atoms with Gasteiger partial charge in [-0.2, -0.15) is 0 Å². The zero-order chi connectivity index (χ0) is 16.9. The highest BCUT2D eigenvalue weighted by atomic mass is 16.5. The van der Waals surface area contributed by atoms with E-state index < -0.39 is 0 Å². The molecule has 2 aliphatic heterocycles. The van der Waals surface area contributed by atoms with Crippen molar-refractivity contribution in [2.75, 3.05) is 53.6 Å². The topological polar surface area (TPSA) is 45.2 Å².